The number of hydrogen-bond donors (Lipinski definition) is 1. The van der Waals surface area contributed by atoms with E-state index in [4.69, 9.17) is 0 Å². The largest absolute Gasteiger partial charge is 0.364 e. The molecule has 0 spiro atoms. The molecule has 1 N–H and O–H groups in total. The molecule has 4 nitrogen and oxygen atoms in total. The number of rotatable bonds is 3. The van der Waals surface area contributed by atoms with Crippen molar-refractivity contribution in [3.05, 3.63) is 11.3 Å². The van der Waals surface area contributed by atoms with E-state index in [1.807, 2.05) is 6.92 Å². The molecule has 15 heavy (non-hydrogen) atoms. The molecule has 84 valence electrons. The predicted octanol–water partition coefficient (Wildman–Crippen LogP) is 0.853. The van der Waals surface area contributed by atoms with Crippen LogP contribution in [-0.4, -0.2) is 33.8 Å². The first-order valence-electron chi connectivity index (χ1n) is 5.10. The third-order valence-electron chi connectivity index (χ3n) is 2.75. The lowest BCUT2D eigenvalue weighted by Crippen LogP contribution is -2.47. The van der Waals surface area contributed by atoms with Crippen LogP contribution in [-0.2, 0) is 9.59 Å². The van der Waals surface area contributed by atoms with E-state index in [1.165, 1.54) is 13.8 Å². The smallest absolute Gasteiger partial charge is 0.220 e. The second-order valence-corrected chi connectivity index (χ2v) is 4.02. The first-order chi connectivity index (χ1) is 6.84. The molecule has 0 aromatic rings. The summed E-state index contributed by atoms with van der Waals surface area (Å²) in [5, 5.41) is 10.0. The number of allylic oxidation sites excluding steroid dienone is 1. The number of nitrogens with zero attached hydrogens (tertiary/aromatic N) is 1. The van der Waals surface area contributed by atoms with Crippen LogP contribution in [0.5, 0.6) is 0 Å². The lowest BCUT2D eigenvalue weighted by atomic mass is 10.0. The number of hydrogen-bond acceptors (Lipinski definition) is 4. The summed E-state index contributed by atoms with van der Waals surface area (Å²) in [5.74, 6) is -0.766. The fourth-order valence-electron chi connectivity index (χ4n) is 2.01. The zero-order valence-corrected chi connectivity index (χ0v) is 9.63. The fraction of sp³-hybridized carbons (Fsp3) is 0.636. The highest BCUT2D eigenvalue weighted by molar-refractivity contribution is 6.24. The number of carbonyl (C=O) groups is 2. The van der Waals surface area contributed by atoms with Gasteiger partial charge in [0.2, 0.25) is 5.78 Å². The van der Waals surface area contributed by atoms with Crippen molar-refractivity contribution >= 4 is 11.6 Å². The Balaban J connectivity index is 3.18. The van der Waals surface area contributed by atoms with Crippen molar-refractivity contribution in [1.82, 2.24) is 4.90 Å². The van der Waals surface area contributed by atoms with Gasteiger partial charge in [-0.25, -0.2) is 0 Å². The monoisotopic (exact) mass is 211 g/mol. The van der Waals surface area contributed by atoms with Crippen molar-refractivity contribution < 1.29 is 14.7 Å². The van der Waals surface area contributed by atoms with Crippen LogP contribution in [0, 0.1) is 0 Å². The second-order valence-electron chi connectivity index (χ2n) is 4.02. The van der Waals surface area contributed by atoms with Crippen molar-refractivity contribution in [2.45, 2.75) is 39.8 Å². The molecular weight excluding hydrogens is 194 g/mol. The van der Waals surface area contributed by atoms with E-state index >= 15 is 0 Å². The summed E-state index contributed by atoms with van der Waals surface area (Å²) in [5.41, 5.74) is -0.839. The van der Waals surface area contributed by atoms with E-state index in [-0.39, 0.29) is 11.4 Å². The predicted molar refractivity (Wildman–Crippen MR) is 56.0 cm³/mol. The van der Waals surface area contributed by atoms with Gasteiger partial charge >= 0.3 is 0 Å². The van der Waals surface area contributed by atoms with Gasteiger partial charge in [-0.2, -0.15) is 0 Å². The first-order valence-corrected chi connectivity index (χ1v) is 5.10. The summed E-state index contributed by atoms with van der Waals surface area (Å²) in [6, 6.07) is 0. The van der Waals surface area contributed by atoms with Gasteiger partial charge in [-0.05, 0) is 27.2 Å². The van der Waals surface area contributed by atoms with Gasteiger partial charge < -0.3 is 10.0 Å². The van der Waals surface area contributed by atoms with Gasteiger partial charge in [0.1, 0.15) is 0 Å². The topological polar surface area (TPSA) is 57.6 Å². The molecule has 0 aromatic heterocycles. The van der Waals surface area contributed by atoms with Crippen LogP contribution >= 0.6 is 0 Å². The van der Waals surface area contributed by atoms with Crippen LogP contribution in [0.3, 0.4) is 0 Å². The standard InChI is InChI=1S/C11H17NO3/c1-5-6-12-7(2)9(8(3)13)10(14)11(12,4)15/h15H,5-6H2,1-4H3/t11-/m0/s1. The van der Waals surface area contributed by atoms with Crippen molar-refractivity contribution in [3.63, 3.8) is 0 Å². The van der Waals surface area contributed by atoms with E-state index in [0.717, 1.165) is 6.42 Å². The Morgan fingerprint density at radius 2 is 2.07 bits per heavy atom. The molecule has 1 heterocycles. The quantitative estimate of drug-likeness (QED) is 0.703. The lowest BCUT2D eigenvalue weighted by molar-refractivity contribution is -0.144. The zero-order chi connectivity index (χ0) is 11.8. The Kier molecular flexibility index (Phi) is 3.00. The molecule has 0 saturated carbocycles. The van der Waals surface area contributed by atoms with Gasteiger partial charge in [-0.1, -0.05) is 6.92 Å². The van der Waals surface area contributed by atoms with Gasteiger partial charge in [0.25, 0.3) is 0 Å². The minimum absolute atomic E-state index is 0.133. The van der Waals surface area contributed by atoms with Gasteiger partial charge in [0.05, 0.1) is 5.57 Å². The Bertz CT molecular complexity index is 342. The molecule has 0 aliphatic carbocycles. The average molecular weight is 211 g/mol. The minimum Gasteiger partial charge on any atom is -0.364 e. The maximum Gasteiger partial charge on any atom is 0.220 e. The van der Waals surface area contributed by atoms with Crippen molar-refractivity contribution in [3.8, 4) is 0 Å². The summed E-state index contributed by atoms with van der Waals surface area (Å²) >= 11 is 0. The highest BCUT2D eigenvalue weighted by atomic mass is 16.3. The van der Waals surface area contributed by atoms with Crippen molar-refractivity contribution in [1.29, 1.82) is 0 Å². The van der Waals surface area contributed by atoms with E-state index in [9.17, 15) is 14.7 Å². The molecule has 0 aromatic carbocycles. The summed E-state index contributed by atoms with van der Waals surface area (Å²) in [4.78, 5) is 24.7. The number of carbonyl (C=O) groups excluding carboxylic acids is 2. The summed E-state index contributed by atoms with van der Waals surface area (Å²) in [6.45, 7) is 7.01. The maximum absolute atomic E-state index is 11.8. The Labute approximate surface area is 89.6 Å². The Morgan fingerprint density at radius 1 is 1.53 bits per heavy atom. The maximum atomic E-state index is 11.8. The Morgan fingerprint density at radius 3 is 2.40 bits per heavy atom. The lowest BCUT2D eigenvalue weighted by Gasteiger charge is -2.31. The molecule has 0 amide bonds. The molecule has 1 rings (SSSR count). The fourth-order valence-corrected chi connectivity index (χ4v) is 2.01. The molecule has 0 unspecified atom stereocenters. The molecule has 0 fully saturated rings. The summed E-state index contributed by atoms with van der Waals surface area (Å²) in [6.07, 6.45) is 0.811. The number of aliphatic hydroxyl groups is 1. The van der Waals surface area contributed by atoms with Crippen LogP contribution in [0.4, 0.5) is 0 Å². The Hall–Kier alpha value is -1.16. The van der Waals surface area contributed by atoms with Crippen LogP contribution in [0.15, 0.2) is 11.3 Å². The SMILES string of the molecule is CCCN1C(C)=C(C(C)=O)C(=O)[C@]1(C)O. The normalized spacial score (nSPS) is 26.5. The molecule has 0 radical (unpaired) electrons. The van der Waals surface area contributed by atoms with Gasteiger partial charge in [-0.3, -0.25) is 9.59 Å². The van der Waals surface area contributed by atoms with E-state index < -0.39 is 11.5 Å². The molecule has 1 aliphatic rings. The second kappa shape index (κ2) is 3.77. The van der Waals surface area contributed by atoms with E-state index in [2.05, 4.69) is 0 Å². The molecule has 1 aliphatic heterocycles. The minimum atomic E-state index is -1.55. The van der Waals surface area contributed by atoms with Gasteiger partial charge in [0.15, 0.2) is 11.5 Å². The highest BCUT2D eigenvalue weighted by Gasteiger charge is 2.47. The molecule has 0 saturated heterocycles. The van der Waals surface area contributed by atoms with Crippen LogP contribution < -0.4 is 0 Å². The van der Waals surface area contributed by atoms with E-state index in [0.29, 0.717) is 12.2 Å². The number of Topliss-reactive ketones (excluding diaryl/α,β-unsaturated/α-hetero) is 2. The third-order valence-corrected chi connectivity index (χ3v) is 2.75. The summed E-state index contributed by atoms with van der Waals surface area (Å²) in [7, 11) is 0. The van der Waals surface area contributed by atoms with Crippen molar-refractivity contribution in [2.24, 2.45) is 0 Å². The van der Waals surface area contributed by atoms with E-state index in [1.54, 1.807) is 11.8 Å². The first kappa shape index (κ1) is 11.9. The van der Waals surface area contributed by atoms with Crippen LogP contribution in [0.1, 0.15) is 34.1 Å². The van der Waals surface area contributed by atoms with Gasteiger partial charge in [-0.15, -0.1) is 0 Å². The summed E-state index contributed by atoms with van der Waals surface area (Å²) < 4.78 is 0. The van der Waals surface area contributed by atoms with Crippen molar-refractivity contribution in [2.75, 3.05) is 6.54 Å². The van der Waals surface area contributed by atoms with Gasteiger partial charge in [0, 0.05) is 12.2 Å². The molecular formula is C11H17NO3. The third kappa shape index (κ3) is 1.69. The van der Waals surface area contributed by atoms with Crippen LogP contribution in [0.2, 0.25) is 0 Å². The molecule has 0 bridgehead atoms. The highest BCUT2D eigenvalue weighted by Crippen LogP contribution is 2.32. The van der Waals surface area contributed by atoms with Crippen LogP contribution in [0.25, 0.3) is 0 Å². The average Bonchev–Trinajstić information content (AvgIpc) is 2.27. The molecule has 1 atom stereocenters. The number of ketones is 2. The zero-order valence-electron chi connectivity index (χ0n) is 9.63. The molecule has 4 heteroatoms.